The third kappa shape index (κ3) is 2.37. The van der Waals surface area contributed by atoms with Crippen molar-refractivity contribution in [3.8, 4) is 0 Å². The van der Waals surface area contributed by atoms with Crippen molar-refractivity contribution in [2.24, 2.45) is 7.05 Å². The Morgan fingerprint density at radius 2 is 2.28 bits per heavy atom. The molecule has 18 heavy (non-hydrogen) atoms. The van der Waals surface area contributed by atoms with Gasteiger partial charge in [0.1, 0.15) is 5.76 Å². The predicted molar refractivity (Wildman–Crippen MR) is 72.4 cm³/mol. The average Bonchev–Trinajstić information content (AvgIpc) is 2.87. The minimum atomic E-state index is -0.569. The molecule has 2 aromatic rings. The standard InChI is InChI=1S/C13H17BrN2O2/c1-4-10-13(14)11(16(3)15-10)7-12(17)9-5-6-18-8(9)2/h5-6,12,17H,4,7H2,1-3H3. The summed E-state index contributed by atoms with van der Waals surface area (Å²) in [5.41, 5.74) is 2.85. The molecule has 0 radical (unpaired) electrons. The first-order chi connectivity index (χ1) is 8.54. The van der Waals surface area contributed by atoms with Gasteiger partial charge in [0.15, 0.2) is 0 Å². The average molecular weight is 313 g/mol. The van der Waals surface area contributed by atoms with E-state index < -0.39 is 6.10 Å². The number of furan rings is 1. The highest BCUT2D eigenvalue weighted by Gasteiger charge is 2.19. The van der Waals surface area contributed by atoms with Crippen molar-refractivity contribution < 1.29 is 9.52 Å². The fourth-order valence-electron chi connectivity index (χ4n) is 2.08. The SMILES string of the molecule is CCc1nn(C)c(CC(O)c2ccoc2C)c1Br. The molecule has 1 atom stereocenters. The van der Waals surface area contributed by atoms with E-state index in [1.54, 1.807) is 6.26 Å². The molecule has 0 aliphatic carbocycles. The first-order valence-electron chi connectivity index (χ1n) is 5.96. The molecule has 0 aliphatic rings. The lowest BCUT2D eigenvalue weighted by Gasteiger charge is -2.10. The second kappa shape index (κ2) is 5.28. The zero-order valence-electron chi connectivity index (χ0n) is 10.8. The van der Waals surface area contributed by atoms with Gasteiger partial charge in [0.25, 0.3) is 0 Å². The summed E-state index contributed by atoms with van der Waals surface area (Å²) in [5, 5.41) is 14.7. The van der Waals surface area contributed by atoms with E-state index in [1.165, 1.54) is 0 Å². The summed E-state index contributed by atoms with van der Waals surface area (Å²) in [6.45, 7) is 3.92. The van der Waals surface area contributed by atoms with Crippen molar-refractivity contribution in [2.75, 3.05) is 0 Å². The van der Waals surface area contributed by atoms with Gasteiger partial charge in [-0.2, -0.15) is 5.10 Å². The van der Waals surface area contributed by atoms with Crippen LogP contribution in [-0.4, -0.2) is 14.9 Å². The van der Waals surface area contributed by atoms with Gasteiger partial charge >= 0.3 is 0 Å². The lowest BCUT2D eigenvalue weighted by molar-refractivity contribution is 0.173. The molecule has 2 heterocycles. The highest BCUT2D eigenvalue weighted by molar-refractivity contribution is 9.10. The van der Waals surface area contributed by atoms with E-state index in [0.29, 0.717) is 6.42 Å². The summed E-state index contributed by atoms with van der Waals surface area (Å²) in [6, 6.07) is 1.81. The Labute approximate surface area is 115 Å². The predicted octanol–water partition coefficient (Wildman–Crippen LogP) is 2.92. The monoisotopic (exact) mass is 312 g/mol. The fraction of sp³-hybridized carbons (Fsp3) is 0.462. The van der Waals surface area contributed by atoms with Gasteiger partial charge in [0.05, 0.1) is 28.2 Å². The highest BCUT2D eigenvalue weighted by Crippen LogP contribution is 2.28. The summed E-state index contributed by atoms with van der Waals surface area (Å²) < 4.78 is 8.03. The van der Waals surface area contributed by atoms with Crippen LogP contribution in [0.4, 0.5) is 0 Å². The smallest absolute Gasteiger partial charge is 0.106 e. The molecule has 1 N–H and O–H groups in total. The Balaban J connectivity index is 2.24. The van der Waals surface area contributed by atoms with Crippen LogP contribution >= 0.6 is 15.9 Å². The molecular weight excluding hydrogens is 296 g/mol. The maximum Gasteiger partial charge on any atom is 0.106 e. The maximum absolute atomic E-state index is 10.3. The maximum atomic E-state index is 10.3. The zero-order chi connectivity index (χ0) is 13.3. The molecule has 1 unspecified atom stereocenters. The van der Waals surface area contributed by atoms with Crippen LogP contribution in [0.15, 0.2) is 21.2 Å². The first-order valence-corrected chi connectivity index (χ1v) is 6.76. The van der Waals surface area contributed by atoms with E-state index in [2.05, 4.69) is 28.0 Å². The highest BCUT2D eigenvalue weighted by atomic mass is 79.9. The number of aryl methyl sites for hydroxylation is 3. The minimum absolute atomic E-state index is 0.518. The topological polar surface area (TPSA) is 51.2 Å². The van der Waals surface area contributed by atoms with E-state index in [1.807, 2.05) is 24.7 Å². The van der Waals surface area contributed by atoms with Gasteiger partial charge in [-0.1, -0.05) is 6.92 Å². The Hall–Kier alpha value is -1.07. The number of hydrogen-bond donors (Lipinski definition) is 1. The summed E-state index contributed by atoms with van der Waals surface area (Å²) in [5.74, 6) is 0.761. The van der Waals surface area contributed by atoms with Gasteiger partial charge in [-0.15, -0.1) is 0 Å². The van der Waals surface area contributed by atoms with Crippen LogP contribution < -0.4 is 0 Å². The third-order valence-electron chi connectivity index (χ3n) is 3.15. The first kappa shape index (κ1) is 13.4. The molecule has 0 spiro atoms. The van der Waals surface area contributed by atoms with Crippen LogP contribution in [0.5, 0.6) is 0 Å². The summed E-state index contributed by atoms with van der Waals surface area (Å²) in [6.07, 6.45) is 2.42. The molecule has 0 amide bonds. The van der Waals surface area contributed by atoms with Crippen molar-refractivity contribution in [2.45, 2.75) is 32.8 Å². The van der Waals surface area contributed by atoms with Crippen LogP contribution in [0.25, 0.3) is 0 Å². The lowest BCUT2D eigenvalue weighted by Crippen LogP contribution is -2.07. The number of aliphatic hydroxyl groups is 1. The quantitative estimate of drug-likeness (QED) is 0.944. The molecule has 0 bridgehead atoms. The van der Waals surface area contributed by atoms with E-state index >= 15 is 0 Å². The summed E-state index contributed by atoms with van der Waals surface area (Å²) in [4.78, 5) is 0. The molecule has 5 heteroatoms. The second-order valence-corrected chi connectivity index (χ2v) is 5.13. The molecule has 2 rings (SSSR count). The molecule has 98 valence electrons. The lowest BCUT2D eigenvalue weighted by atomic mass is 10.1. The molecule has 0 aromatic carbocycles. The number of aliphatic hydroxyl groups excluding tert-OH is 1. The van der Waals surface area contributed by atoms with Crippen molar-refractivity contribution in [1.82, 2.24) is 9.78 Å². The number of nitrogens with zero attached hydrogens (tertiary/aromatic N) is 2. The normalized spacial score (nSPS) is 12.9. The second-order valence-electron chi connectivity index (χ2n) is 4.34. The molecule has 4 nitrogen and oxygen atoms in total. The Bertz CT molecular complexity index is 545. The number of halogens is 1. The zero-order valence-corrected chi connectivity index (χ0v) is 12.4. The van der Waals surface area contributed by atoms with Crippen LogP contribution in [0.3, 0.4) is 0 Å². The van der Waals surface area contributed by atoms with Crippen molar-refractivity contribution >= 4 is 15.9 Å². The molecule has 0 saturated carbocycles. The van der Waals surface area contributed by atoms with Crippen molar-refractivity contribution in [1.29, 1.82) is 0 Å². The van der Waals surface area contributed by atoms with Gasteiger partial charge in [0.2, 0.25) is 0 Å². The summed E-state index contributed by atoms with van der Waals surface area (Å²) >= 11 is 3.55. The van der Waals surface area contributed by atoms with E-state index in [-0.39, 0.29) is 0 Å². The number of hydrogen-bond acceptors (Lipinski definition) is 3. The van der Waals surface area contributed by atoms with Crippen molar-refractivity contribution in [3.63, 3.8) is 0 Å². The molecule has 0 fully saturated rings. The molecule has 2 aromatic heterocycles. The Kier molecular flexibility index (Phi) is 3.92. The third-order valence-corrected chi connectivity index (χ3v) is 4.06. The Morgan fingerprint density at radius 1 is 1.56 bits per heavy atom. The van der Waals surface area contributed by atoms with E-state index in [4.69, 9.17) is 4.42 Å². The van der Waals surface area contributed by atoms with Crippen LogP contribution in [0.2, 0.25) is 0 Å². The number of aromatic nitrogens is 2. The Morgan fingerprint density at radius 3 is 2.78 bits per heavy atom. The van der Waals surface area contributed by atoms with Crippen LogP contribution in [0, 0.1) is 6.92 Å². The molecule has 0 aliphatic heterocycles. The van der Waals surface area contributed by atoms with Gasteiger partial charge < -0.3 is 9.52 Å². The van der Waals surface area contributed by atoms with Gasteiger partial charge in [-0.3, -0.25) is 4.68 Å². The fourth-order valence-corrected chi connectivity index (χ4v) is 2.85. The minimum Gasteiger partial charge on any atom is -0.469 e. The van der Waals surface area contributed by atoms with E-state index in [0.717, 1.165) is 33.6 Å². The summed E-state index contributed by atoms with van der Waals surface area (Å²) in [7, 11) is 1.90. The molecule has 0 saturated heterocycles. The van der Waals surface area contributed by atoms with Crippen molar-refractivity contribution in [3.05, 3.63) is 39.5 Å². The van der Waals surface area contributed by atoms with Gasteiger partial charge in [-0.25, -0.2) is 0 Å². The number of rotatable bonds is 4. The van der Waals surface area contributed by atoms with Crippen LogP contribution in [-0.2, 0) is 19.9 Å². The van der Waals surface area contributed by atoms with Gasteiger partial charge in [0, 0.05) is 19.0 Å². The largest absolute Gasteiger partial charge is 0.469 e. The van der Waals surface area contributed by atoms with E-state index in [9.17, 15) is 5.11 Å². The van der Waals surface area contributed by atoms with Gasteiger partial charge in [-0.05, 0) is 35.3 Å². The molecular formula is C13H17BrN2O2. The van der Waals surface area contributed by atoms with Crippen LogP contribution in [0.1, 0.15) is 35.7 Å².